The number of halogens is 1. The number of carbonyl (C=O) groups excluding carboxylic acids is 1. The van der Waals surface area contributed by atoms with Crippen molar-refractivity contribution in [3.8, 4) is 0 Å². The number of carbonyl (C=O) groups is 1. The normalized spacial score (nSPS) is 9.52. The van der Waals surface area contributed by atoms with Gasteiger partial charge in [0.15, 0.2) is 12.4 Å². The van der Waals surface area contributed by atoms with E-state index in [0.29, 0.717) is 11.4 Å². The molecule has 1 heterocycles. The molecule has 2 rings (SSSR count). The number of hydrogen-bond acceptors (Lipinski definition) is 4. The van der Waals surface area contributed by atoms with Crippen molar-refractivity contribution in [3.63, 3.8) is 0 Å². The molecule has 2 aromatic rings. The van der Waals surface area contributed by atoms with Gasteiger partial charge in [0, 0.05) is 23.9 Å². The molecule has 1 amide bonds. The van der Waals surface area contributed by atoms with E-state index in [2.05, 4.69) is 5.32 Å². The lowest BCUT2D eigenvalue weighted by Crippen LogP contribution is -2.39. The quantitative estimate of drug-likeness (QED) is 0.508. The monoisotopic (exact) mass is 309 g/mol. The number of rotatable bonds is 4. The van der Waals surface area contributed by atoms with Gasteiger partial charge in [0.2, 0.25) is 6.54 Å². The highest BCUT2D eigenvalue weighted by Gasteiger charge is 2.11. The van der Waals surface area contributed by atoms with E-state index in [9.17, 15) is 14.9 Å². The molecule has 3 N–H and O–H groups in total. The second kappa shape index (κ2) is 7.20. The van der Waals surface area contributed by atoms with Gasteiger partial charge in [-0.2, -0.15) is 4.57 Å². The smallest absolute Gasteiger partial charge is 0.290 e. The molecule has 110 valence electrons. The number of aromatic nitrogens is 1. The first-order valence-electron chi connectivity index (χ1n) is 5.83. The Bertz CT molecular complexity index is 646. The number of nitro groups is 1. The summed E-state index contributed by atoms with van der Waals surface area (Å²) in [6, 6.07) is 9.12. The standard InChI is InChI=1S/C13H12N4O3.ClH/c14-10-2-1-7-16(8-10)9-13(18)15-11-3-5-12(6-4-11)17(19)20;/h1-8H,9,14H2;1H/p+1. The van der Waals surface area contributed by atoms with Crippen LogP contribution in [0, 0.1) is 10.1 Å². The van der Waals surface area contributed by atoms with Crippen molar-refractivity contribution >= 4 is 35.4 Å². The number of benzene rings is 1. The van der Waals surface area contributed by atoms with E-state index in [1.807, 2.05) is 0 Å². The van der Waals surface area contributed by atoms with Crippen LogP contribution in [-0.2, 0) is 11.3 Å². The highest BCUT2D eigenvalue weighted by atomic mass is 35.5. The number of non-ortho nitro benzene ring substituents is 1. The van der Waals surface area contributed by atoms with E-state index >= 15 is 0 Å². The van der Waals surface area contributed by atoms with Crippen molar-refractivity contribution in [1.29, 1.82) is 0 Å². The molecule has 1 aromatic carbocycles. The van der Waals surface area contributed by atoms with Crippen LogP contribution < -0.4 is 15.6 Å². The van der Waals surface area contributed by atoms with Crippen LogP contribution in [0.5, 0.6) is 0 Å². The Morgan fingerprint density at radius 2 is 1.95 bits per heavy atom. The van der Waals surface area contributed by atoms with Gasteiger partial charge in [-0.25, -0.2) is 0 Å². The van der Waals surface area contributed by atoms with Crippen LogP contribution in [0.4, 0.5) is 17.1 Å². The molecule has 0 aliphatic rings. The van der Waals surface area contributed by atoms with Gasteiger partial charge in [0.25, 0.3) is 11.6 Å². The first-order chi connectivity index (χ1) is 9.54. The van der Waals surface area contributed by atoms with E-state index in [0.717, 1.165) is 0 Å². The number of anilines is 2. The predicted octanol–water partition coefficient (Wildman–Crippen LogP) is 1.53. The third-order valence-corrected chi connectivity index (χ3v) is 2.57. The van der Waals surface area contributed by atoms with Gasteiger partial charge in [-0.3, -0.25) is 14.9 Å². The van der Waals surface area contributed by atoms with Gasteiger partial charge >= 0.3 is 0 Å². The molecule has 0 fully saturated rings. The number of hydrogen-bond donors (Lipinski definition) is 2. The van der Waals surface area contributed by atoms with Crippen LogP contribution in [0.15, 0.2) is 48.8 Å². The zero-order valence-electron chi connectivity index (χ0n) is 10.9. The Hall–Kier alpha value is -2.67. The van der Waals surface area contributed by atoms with Crippen LogP contribution in [0.3, 0.4) is 0 Å². The Kier molecular flexibility index (Phi) is 5.62. The zero-order valence-corrected chi connectivity index (χ0v) is 11.7. The second-order valence-corrected chi connectivity index (χ2v) is 4.16. The Morgan fingerprint density at radius 3 is 2.52 bits per heavy atom. The number of nitrogens with zero attached hydrogens (tertiary/aromatic N) is 2. The number of nitrogen functional groups attached to an aromatic ring is 1. The first kappa shape index (κ1) is 16.4. The minimum atomic E-state index is -0.492. The molecule has 0 unspecified atom stereocenters. The largest absolute Gasteiger partial charge is 0.394 e. The summed E-state index contributed by atoms with van der Waals surface area (Å²) in [6.45, 7) is 0.113. The van der Waals surface area contributed by atoms with Crippen molar-refractivity contribution in [2.75, 3.05) is 11.1 Å². The summed E-state index contributed by atoms with van der Waals surface area (Å²) in [7, 11) is 0. The zero-order chi connectivity index (χ0) is 14.5. The number of nitro benzene ring substituents is 1. The average molecular weight is 310 g/mol. The highest BCUT2D eigenvalue weighted by molar-refractivity contribution is 5.89. The van der Waals surface area contributed by atoms with E-state index in [1.54, 1.807) is 29.1 Å². The molecule has 0 aliphatic carbocycles. The number of nitrogens with two attached hydrogens (primary N) is 1. The van der Waals surface area contributed by atoms with Crippen LogP contribution in [-0.4, -0.2) is 10.8 Å². The van der Waals surface area contributed by atoms with E-state index in [4.69, 9.17) is 5.73 Å². The van der Waals surface area contributed by atoms with Gasteiger partial charge < -0.3 is 11.1 Å². The maximum absolute atomic E-state index is 11.8. The summed E-state index contributed by atoms with van der Waals surface area (Å²) in [4.78, 5) is 21.8. The minimum Gasteiger partial charge on any atom is -0.394 e. The van der Waals surface area contributed by atoms with Crippen LogP contribution in [0.25, 0.3) is 0 Å². The fraction of sp³-hybridized carbons (Fsp3) is 0.0769. The van der Waals surface area contributed by atoms with Gasteiger partial charge in [0.1, 0.15) is 0 Å². The van der Waals surface area contributed by atoms with Gasteiger partial charge in [-0.05, 0) is 18.2 Å². The van der Waals surface area contributed by atoms with Gasteiger partial charge in [0.05, 0.1) is 10.6 Å². The molecule has 1 aromatic heterocycles. The summed E-state index contributed by atoms with van der Waals surface area (Å²) in [5.74, 6) is -0.241. The SMILES string of the molecule is Cl.Nc1ccc[n+](CC(=O)Nc2ccc([N+](=O)[O-])cc2)c1. The first-order valence-corrected chi connectivity index (χ1v) is 5.83. The summed E-state index contributed by atoms with van der Waals surface area (Å²) < 4.78 is 1.65. The molecule has 0 aliphatic heterocycles. The van der Waals surface area contributed by atoms with Gasteiger partial charge in [-0.1, -0.05) is 0 Å². The molecule has 0 saturated heterocycles. The van der Waals surface area contributed by atoms with Crippen LogP contribution in [0.2, 0.25) is 0 Å². The van der Waals surface area contributed by atoms with Crippen molar-refractivity contribution in [3.05, 3.63) is 58.9 Å². The van der Waals surface area contributed by atoms with Crippen molar-refractivity contribution in [2.45, 2.75) is 6.54 Å². The summed E-state index contributed by atoms with van der Waals surface area (Å²) in [5, 5.41) is 13.2. The molecule has 7 nitrogen and oxygen atoms in total. The molecule has 0 saturated carbocycles. The van der Waals surface area contributed by atoms with E-state index in [-0.39, 0.29) is 30.5 Å². The lowest BCUT2D eigenvalue weighted by molar-refractivity contribution is -0.683. The van der Waals surface area contributed by atoms with Crippen molar-refractivity contribution < 1.29 is 14.3 Å². The number of amides is 1. The molecule has 0 spiro atoms. The third-order valence-electron chi connectivity index (χ3n) is 2.57. The molecule has 0 bridgehead atoms. The topological polar surface area (TPSA) is 102 Å². The summed E-state index contributed by atoms with van der Waals surface area (Å²) in [6.07, 6.45) is 3.38. The van der Waals surface area contributed by atoms with Crippen LogP contribution >= 0.6 is 12.4 Å². The van der Waals surface area contributed by atoms with Crippen molar-refractivity contribution in [1.82, 2.24) is 0 Å². The summed E-state index contributed by atoms with van der Waals surface area (Å²) in [5.41, 5.74) is 6.67. The predicted molar refractivity (Wildman–Crippen MR) is 80.0 cm³/mol. The fourth-order valence-corrected chi connectivity index (χ4v) is 1.67. The molecular formula is C13H14ClN4O3+. The molecule has 21 heavy (non-hydrogen) atoms. The van der Waals surface area contributed by atoms with Crippen LogP contribution in [0.1, 0.15) is 0 Å². The maximum Gasteiger partial charge on any atom is 0.290 e. The number of nitrogens with one attached hydrogen (secondary N) is 1. The fourth-order valence-electron chi connectivity index (χ4n) is 1.67. The lowest BCUT2D eigenvalue weighted by atomic mass is 10.3. The Balaban J connectivity index is 0.00000220. The second-order valence-electron chi connectivity index (χ2n) is 4.16. The lowest BCUT2D eigenvalue weighted by Gasteiger charge is -2.02. The van der Waals surface area contributed by atoms with Crippen molar-refractivity contribution in [2.24, 2.45) is 0 Å². The van der Waals surface area contributed by atoms with E-state index < -0.39 is 4.92 Å². The Labute approximate surface area is 127 Å². The third kappa shape index (κ3) is 4.73. The highest BCUT2D eigenvalue weighted by Crippen LogP contribution is 2.15. The number of pyridine rings is 1. The molecule has 0 atom stereocenters. The maximum atomic E-state index is 11.8. The average Bonchev–Trinajstić information content (AvgIpc) is 2.39. The Morgan fingerprint density at radius 1 is 1.29 bits per heavy atom. The van der Waals surface area contributed by atoms with E-state index in [1.165, 1.54) is 24.3 Å². The molecule has 0 radical (unpaired) electrons. The summed E-state index contributed by atoms with van der Waals surface area (Å²) >= 11 is 0. The van der Waals surface area contributed by atoms with Gasteiger partial charge in [-0.15, -0.1) is 12.4 Å². The minimum absolute atomic E-state index is 0. The molecular weight excluding hydrogens is 296 g/mol. The molecule has 8 heteroatoms.